The number of hydrogen-bond acceptors (Lipinski definition) is 4. The Balaban J connectivity index is 0.000000146. The van der Waals surface area contributed by atoms with Gasteiger partial charge in [-0.15, -0.1) is 0 Å². The lowest BCUT2D eigenvalue weighted by atomic mass is 10.2. The van der Waals surface area contributed by atoms with E-state index in [9.17, 15) is 0 Å². The van der Waals surface area contributed by atoms with E-state index in [0.29, 0.717) is 6.61 Å². The standard InChI is InChI=1S/C10H9BrO2.C9H7BrO2/c1-12-6-7-4-8-2-3-13-10(8)9(11)5-7;10-8-4-6(5-11)3-7-1-2-12-9(7)8/h2-5H,6H2,1H3;1-4,11H,5H2. The quantitative estimate of drug-likeness (QED) is 0.399. The Kier molecular flexibility index (Phi) is 5.96. The molecular formula is C19H16Br2O4. The fourth-order valence-electron chi connectivity index (χ4n) is 2.53. The van der Waals surface area contributed by atoms with Crippen LogP contribution in [0, 0.1) is 0 Å². The Morgan fingerprint density at radius 3 is 1.92 bits per heavy atom. The number of halogens is 2. The van der Waals surface area contributed by atoms with Crippen molar-refractivity contribution in [2.45, 2.75) is 13.2 Å². The molecule has 0 aliphatic carbocycles. The van der Waals surface area contributed by atoms with Crippen LogP contribution in [0.1, 0.15) is 11.1 Å². The van der Waals surface area contributed by atoms with Gasteiger partial charge in [0.1, 0.15) is 11.2 Å². The van der Waals surface area contributed by atoms with E-state index >= 15 is 0 Å². The Hall–Kier alpha value is -1.60. The number of aliphatic hydroxyl groups is 1. The van der Waals surface area contributed by atoms with Crippen molar-refractivity contribution in [3.8, 4) is 0 Å². The van der Waals surface area contributed by atoms with Gasteiger partial charge < -0.3 is 18.7 Å². The number of furan rings is 2. The zero-order valence-electron chi connectivity index (χ0n) is 13.5. The first-order chi connectivity index (χ1) is 12.1. The normalized spacial score (nSPS) is 10.9. The Morgan fingerprint density at radius 1 is 0.880 bits per heavy atom. The van der Waals surface area contributed by atoms with Crippen LogP contribution in [-0.4, -0.2) is 12.2 Å². The number of aliphatic hydroxyl groups excluding tert-OH is 1. The summed E-state index contributed by atoms with van der Waals surface area (Å²) in [5.74, 6) is 0. The molecule has 2 aromatic heterocycles. The highest BCUT2D eigenvalue weighted by atomic mass is 79.9. The van der Waals surface area contributed by atoms with Crippen molar-refractivity contribution < 1.29 is 18.7 Å². The van der Waals surface area contributed by atoms with Gasteiger partial charge in [0, 0.05) is 17.9 Å². The molecule has 0 radical (unpaired) electrons. The number of methoxy groups -OCH3 is 1. The Bertz CT molecular complexity index is 988. The second-order valence-corrected chi connectivity index (χ2v) is 7.13. The minimum atomic E-state index is 0.0553. The summed E-state index contributed by atoms with van der Waals surface area (Å²) in [7, 11) is 1.69. The van der Waals surface area contributed by atoms with Crippen LogP contribution in [0.25, 0.3) is 21.9 Å². The molecule has 0 atom stereocenters. The van der Waals surface area contributed by atoms with Crippen molar-refractivity contribution >= 4 is 53.8 Å². The van der Waals surface area contributed by atoms with Crippen molar-refractivity contribution in [3.63, 3.8) is 0 Å². The first-order valence-electron chi connectivity index (χ1n) is 7.53. The second kappa shape index (κ2) is 8.19. The molecule has 6 heteroatoms. The van der Waals surface area contributed by atoms with Gasteiger partial charge in [0.25, 0.3) is 0 Å². The molecule has 1 N–H and O–H groups in total. The second-order valence-electron chi connectivity index (χ2n) is 5.42. The van der Waals surface area contributed by atoms with Gasteiger partial charge in [-0.3, -0.25) is 0 Å². The van der Waals surface area contributed by atoms with Crippen LogP contribution in [0.15, 0.2) is 66.7 Å². The van der Waals surface area contributed by atoms with E-state index in [1.54, 1.807) is 19.6 Å². The molecule has 0 aliphatic heterocycles. The summed E-state index contributed by atoms with van der Waals surface area (Å²) in [6, 6.07) is 11.6. The predicted molar refractivity (Wildman–Crippen MR) is 104 cm³/mol. The largest absolute Gasteiger partial charge is 0.463 e. The number of rotatable bonds is 3. The summed E-state index contributed by atoms with van der Waals surface area (Å²) in [6.45, 7) is 0.680. The summed E-state index contributed by atoms with van der Waals surface area (Å²) in [6.07, 6.45) is 3.32. The van der Waals surface area contributed by atoms with E-state index < -0.39 is 0 Å². The number of fused-ring (bicyclic) bond motifs is 2. The molecule has 0 fully saturated rings. The highest BCUT2D eigenvalue weighted by molar-refractivity contribution is 9.11. The molecule has 130 valence electrons. The summed E-state index contributed by atoms with van der Waals surface area (Å²) in [5.41, 5.74) is 3.74. The summed E-state index contributed by atoms with van der Waals surface area (Å²) < 4.78 is 17.4. The molecule has 2 aromatic carbocycles. The third-order valence-corrected chi connectivity index (χ3v) is 4.80. The van der Waals surface area contributed by atoms with Crippen molar-refractivity contribution in [2.75, 3.05) is 7.11 Å². The maximum atomic E-state index is 8.91. The number of ether oxygens (including phenoxy) is 1. The molecule has 4 rings (SSSR count). The van der Waals surface area contributed by atoms with Crippen molar-refractivity contribution in [3.05, 3.63) is 69.0 Å². The molecule has 4 aromatic rings. The van der Waals surface area contributed by atoms with Crippen molar-refractivity contribution in [1.82, 2.24) is 0 Å². The van der Waals surface area contributed by atoms with Crippen LogP contribution < -0.4 is 0 Å². The summed E-state index contributed by atoms with van der Waals surface area (Å²) >= 11 is 6.81. The van der Waals surface area contributed by atoms with Crippen LogP contribution in [0.2, 0.25) is 0 Å². The lowest BCUT2D eigenvalue weighted by Crippen LogP contribution is -1.86. The van der Waals surface area contributed by atoms with Crippen LogP contribution in [0.4, 0.5) is 0 Å². The molecule has 0 unspecified atom stereocenters. The van der Waals surface area contributed by atoms with Crippen molar-refractivity contribution in [1.29, 1.82) is 0 Å². The molecule has 4 nitrogen and oxygen atoms in total. The lowest BCUT2D eigenvalue weighted by molar-refractivity contribution is 0.185. The smallest absolute Gasteiger partial charge is 0.148 e. The van der Waals surface area contributed by atoms with Gasteiger partial charge in [-0.2, -0.15) is 0 Å². The van der Waals surface area contributed by atoms with Crippen LogP contribution in [0.3, 0.4) is 0 Å². The third kappa shape index (κ3) is 4.15. The fraction of sp³-hybridized carbons (Fsp3) is 0.158. The van der Waals surface area contributed by atoms with Crippen molar-refractivity contribution in [2.24, 2.45) is 0 Å². The van der Waals surface area contributed by atoms with Gasteiger partial charge in [0.15, 0.2) is 0 Å². The van der Waals surface area contributed by atoms with Gasteiger partial charge in [0.05, 0.1) is 34.7 Å². The number of benzene rings is 2. The average molecular weight is 468 g/mol. The molecule has 0 saturated carbocycles. The minimum absolute atomic E-state index is 0.0553. The highest BCUT2D eigenvalue weighted by Gasteiger charge is 2.04. The van der Waals surface area contributed by atoms with Crippen LogP contribution in [-0.2, 0) is 18.0 Å². The molecular weight excluding hydrogens is 452 g/mol. The maximum Gasteiger partial charge on any atom is 0.148 e. The first kappa shape index (κ1) is 18.2. The molecule has 25 heavy (non-hydrogen) atoms. The van der Waals surface area contributed by atoms with E-state index in [0.717, 1.165) is 42.0 Å². The Morgan fingerprint density at radius 2 is 1.40 bits per heavy atom. The van der Waals surface area contributed by atoms with Gasteiger partial charge in [-0.05, 0) is 79.4 Å². The maximum absolute atomic E-state index is 8.91. The highest BCUT2D eigenvalue weighted by Crippen LogP contribution is 2.27. The zero-order valence-corrected chi connectivity index (χ0v) is 16.6. The monoisotopic (exact) mass is 466 g/mol. The van der Waals surface area contributed by atoms with Gasteiger partial charge in [0.2, 0.25) is 0 Å². The lowest BCUT2D eigenvalue weighted by Gasteiger charge is -2.00. The van der Waals surface area contributed by atoms with Gasteiger partial charge in [-0.25, -0.2) is 0 Å². The third-order valence-electron chi connectivity index (χ3n) is 3.62. The topological polar surface area (TPSA) is 55.7 Å². The molecule has 0 saturated heterocycles. The SMILES string of the molecule is COCc1cc(Br)c2occc2c1.OCc1cc(Br)c2occc2c1. The van der Waals surface area contributed by atoms with E-state index in [4.69, 9.17) is 18.7 Å². The molecule has 2 heterocycles. The van der Waals surface area contributed by atoms with E-state index in [1.165, 1.54) is 0 Å². The van der Waals surface area contributed by atoms with Gasteiger partial charge >= 0.3 is 0 Å². The fourth-order valence-corrected chi connectivity index (χ4v) is 3.77. The van der Waals surface area contributed by atoms with E-state index in [-0.39, 0.29) is 6.61 Å². The van der Waals surface area contributed by atoms with E-state index in [1.807, 2.05) is 30.3 Å². The van der Waals surface area contributed by atoms with Crippen LogP contribution >= 0.6 is 31.9 Å². The molecule has 0 spiro atoms. The van der Waals surface area contributed by atoms with Gasteiger partial charge in [-0.1, -0.05) is 0 Å². The molecule has 0 bridgehead atoms. The summed E-state index contributed by atoms with van der Waals surface area (Å²) in [5, 5.41) is 11.0. The molecule has 0 amide bonds. The zero-order chi connectivity index (χ0) is 17.8. The Labute approximate surface area is 161 Å². The summed E-state index contributed by atoms with van der Waals surface area (Å²) in [4.78, 5) is 0. The average Bonchev–Trinajstić information content (AvgIpc) is 3.24. The first-order valence-corrected chi connectivity index (χ1v) is 9.12. The predicted octanol–water partition coefficient (Wildman–Crippen LogP) is 6.03. The van der Waals surface area contributed by atoms with E-state index in [2.05, 4.69) is 37.9 Å². The number of hydrogen-bond donors (Lipinski definition) is 1. The van der Waals surface area contributed by atoms with Crippen LogP contribution in [0.5, 0.6) is 0 Å². The molecule has 0 aliphatic rings. The minimum Gasteiger partial charge on any atom is -0.463 e.